The summed E-state index contributed by atoms with van der Waals surface area (Å²) in [6, 6.07) is 10.5. The quantitative estimate of drug-likeness (QED) is 0.905. The summed E-state index contributed by atoms with van der Waals surface area (Å²) in [6.07, 6.45) is 1.83. The Kier molecular flexibility index (Phi) is 3.49. The highest BCUT2D eigenvalue weighted by Crippen LogP contribution is 2.27. The third-order valence-electron chi connectivity index (χ3n) is 2.56. The van der Waals surface area contributed by atoms with Crippen LogP contribution in [0.1, 0.15) is 17.2 Å². The molecule has 0 amide bonds. The standard InChI is InChI=1S/C13H11ClO3/c14-12-6-2-1-5-10(12)11(13(15)16)8-9-4-3-7-17-9/h1-7,11H,8H2,(H,15,16). The zero-order valence-electron chi connectivity index (χ0n) is 8.97. The van der Waals surface area contributed by atoms with Crippen LogP contribution in [-0.4, -0.2) is 11.1 Å². The van der Waals surface area contributed by atoms with Gasteiger partial charge >= 0.3 is 5.97 Å². The topological polar surface area (TPSA) is 50.4 Å². The van der Waals surface area contributed by atoms with E-state index in [1.165, 1.54) is 6.26 Å². The van der Waals surface area contributed by atoms with Gasteiger partial charge in [-0.15, -0.1) is 0 Å². The number of rotatable bonds is 4. The molecule has 1 heterocycles. The fourth-order valence-electron chi connectivity index (χ4n) is 1.72. The van der Waals surface area contributed by atoms with E-state index in [-0.39, 0.29) is 0 Å². The van der Waals surface area contributed by atoms with Gasteiger partial charge in [-0.25, -0.2) is 0 Å². The number of hydrogen-bond donors (Lipinski definition) is 1. The Morgan fingerprint density at radius 2 is 2.06 bits per heavy atom. The largest absolute Gasteiger partial charge is 0.481 e. The van der Waals surface area contributed by atoms with Crippen molar-refractivity contribution in [2.45, 2.75) is 12.3 Å². The number of carboxylic acids is 1. The molecule has 2 rings (SSSR count). The number of halogens is 1. The molecule has 88 valence electrons. The van der Waals surface area contributed by atoms with Gasteiger partial charge in [-0.05, 0) is 23.8 Å². The van der Waals surface area contributed by atoms with Crippen LogP contribution in [0.5, 0.6) is 0 Å². The Balaban J connectivity index is 2.30. The second-order valence-electron chi connectivity index (χ2n) is 3.70. The fraction of sp³-hybridized carbons (Fsp3) is 0.154. The molecule has 1 aromatic heterocycles. The maximum Gasteiger partial charge on any atom is 0.311 e. The van der Waals surface area contributed by atoms with Gasteiger partial charge in [-0.3, -0.25) is 4.79 Å². The van der Waals surface area contributed by atoms with Gasteiger partial charge in [0.15, 0.2) is 0 Å². The molecule has 1 atom stereocenters. The maximum absolute atomic E-state index is 11.3. The summed E-state index contributed by atoms with van der Waals surface area (Å²) in [7, 11) is 0. The van der Waals surface area contributed by atoms with Crippen LogP contribution < -0.4 is 0 Å². The zero-order chi connectivity index (χ0) is 12.3. The molecule has 1 unspecified atom stereocenters. The van der Waals surface area contributed by atoms with E-state index in [1.54, 1.807) is 36.4 Å². The van der Waals surface area contributed by atoms with Gasteiger partial charge in [0.2, 0.25) is 0 Å². The van der Waals surface area contributed by atoms with Crippen molar-refractivity contribution in [3.63, 3.8) is 0 Å². The van der Waals surface area contributed by atoms with Gasteiger partial charge in [-0.1, -0.05) is 29.8 Å². The Bertz CT molecular complexity index is 505. The number of furan rings is 1. The second kappa shape index (κ2) is 5.06. The molecule has 0 bridgehead atoms. The van der Waals surface area contributed by atoms with E-state index in [1.807, 2.05) is 0 Å². The van der Waals surface area contributed by atoms with Gasteiger partial charge < -0.3 is 9.52 Å². The molecule has 0 aliphatic rings. The van der Waals surface area contributed by atoms with Crippen LogP contribution in [0.4, 0.5) is 0 Å². The van der Waals surface area contributed by atoms with Crippen LogP contribution in [0.3, 0.4) is 0 Å². The van der Waals surface area contributed by atoms with Gasteiger partial charge in [0.25, 0.3) is 0 Å². The summed E-state index contributed by atoms with van der Waals surface area (Å²) < 4.78 is 5.17. The molecular weight excluding hydrogens is 240 g/mol. The fourth-order valence-corrected chi connectivity index (χ4v) is 1.99. The molecular formula is C13H11ClO3. The first-order valence-electron chi connectivity index (χ1n) is 5.18. The summed E-state index contributed by atoms with van der Waals surface area (Å²) >= 11 is 6.01. The van der Waals surface area contributed by atoms with Gasteiger partial charge in [0, 0.05) is 11.4 Å². The maximum atomic E-state index is 11.3. The summed E-state index contributed by atoms with van der Waals surface area (Å²) in [5.74, 6) is -0.957. The molecule has 2 aromatic rings. The van der Waals surface area contributed by atoms with Crippen molar-refractivity contribution < 1.29 is 14.3 Å². The first-order chi connectivity index (χ1) is 8.18. The zero-order valence-corrected chi connectivity index (χ0v) is 9.72. The smallest absolute Gasteiger partial charge is 0.311 e. The van der Waals surface area contributed by atoms with Gasteiger partial charge in [-0.2, -0.15) is 0 Å². The lowest BCUT2D eigenvalue weighted by Crippen LogP contribution is -2.14. The van der Waals surface area contributed by atoms with Crippen LogP contribution >= 0.6 is 11.6 Å². The number of benzene rings is 1. The highest BCUT2D eigenvalue weighted by molar-refractivity contribution is 6.31. The summed E-state index contributed by atoms with van der Waals surface area (Å²) in [6.45, 7) is 0. The molecule has 0 saturated carbocycles. The lowest BCUT2D eigenvalue weighted by Gasteiger charge is -2.12. The van der Waals surface area contributed by atoms with E-state index in [2.05, 4.69) is 0 Å². The molecule has 0 spiro atoms. The van der Waals surface area contributed by atoms with Crippen molar-refractivity contribution in [2.24, 2.45) is 0 Å². The Morgan fingerprint density at radius 1 is 1.29 bits per heavy atom. The molecule has 17 heavy (non-hydrogen) atoms. The van der Waals surface area contributed by atoms with Crippen LogP contribution in [0.15, 0.2) is 47.1 Å². The number of aliphatic carboxylic acids is 1. The molecule has 0 aliphatic carbocycles. The van der Waals surface area contributed by atoms with Crippen molar-refractivity contribution >= 4 is 17.6 Å². The van der Waals surface area contributed by atoms with Crippen molar-refractivity contribution in [1.82, 2.24) is 0 Å². The minimum Gasteiger partial charge on any atom is -0.481 e. The summed E-state index contributed by atoms with van der Waals surface area (Å²) in [5.41, 5.74) is 0.609. The minimum absolute atomic E-state index is 0.298. The summed E-state index contributed by atoms with van der Waals surface area (Å²) in [5, 5.41) is 9.71. The first kappa shape index (κ1) is 11.7. The predicted molar refractivity (Wildman–Crippen MR) is 64.2 cm³/mol. The molecule has 0 fully saturated rings. The van der Waals surface area contributed by atoms with Gasteiger partial charge in [0.1, 0.15) is 5.76 Å². The molecule has 1 aromatic carbocycles. The summed E-state index contributed by atoms with van der Waals surface area (Å²) in [4.78, 5) is 11.3. The minimum atomic E-state index is -0.908. The normalized spacial score (nSPS) is 12.3. The average molecular weight is 251 g/mol. The van der Waals surface area contributed by atoms with E-state index in [0.717, 1.165) is 0 Å². The second-order valence-corrected chi connectivity index (χ2v) is 4.10. The van der Waals surface area contributed by atoms with E-state index in [0.29, 0.717) is 22.8 Å². The molecule has 0 radical (unpaired) electrons. The molecule has 1 N–H and O–H groups in total. The predicted octanol–water partition coefficient (Wildman–Crippen LogP) is 3.34. The Morgan fingerprint density at radius 3 is 2.65 bits per heavy atom. The van der Waals surface area contributed by atoms with Crippen molar-refractivity contribution in [3.05, 3.63) is 59.0 Å². The third kappa shape index (κ3) is 2.68. The number of hydrogen-bond acceptors (Lipinski definition) is 2. The van der Waals surface area contributed by atoms with E-state index < -0.39 is 11.9 Å². The third-order valence-corrected chi connectivity index (χ3v) is 2.91. The van der Waals surface area contributed by atoms with E-state index in [9.17, 15) is 9.90 Å². The molecule has 3 nitrogen and oxygen atoms in total. The van der Waals surface area contributed by atoms with Crippen LogP contribution in [0.2, 0.25) is 5.02 Å². The monoisotopic (exact) mass is 250 g/mol. The van der Waals surface area contributed by atoms with Gasteiger partial charge in [0.05, 0.1) is 12.2 Å². The SMILES string of the molecule is O=C(O)C(Cc1ccco1)c1ccccc1Cl. The average Bonchev–Trinajstić information content (AvgIpc) is 2.79. The van der Waals surface area contributed by atoms with E-state index in [4.69, 9.17) is 16.0 Å². The van der Waals surface area contributed by atoms with Crippen LogP contribution in [0.25, 0.3) is 0 Å². The molecule has 0 aliphatic heterocycles. The van der Waals surface area contributed by atoms with Crippen molar-refractivity contribution in [3.8, 4) is 0 Å². The number of carboxylic acid groups (broad SMARTS) is 1. The lowest BCUT2D eigenvalue weighted by atomic mass is 9.95. The Hall–Kier alpha value is -1.74. The lowest BCUT2D eigenvalue weighted by molar-refractivity contribution is -0.138. The van der Waals surface area contributed by atoms with E-state index >= 15 is 0 Å². The molecule has 4 heteroatoms. The number of carbonyl (C=O) groups is 1. The first-order valence-corrected chi connectivity index (χ1v) is 5.56. The molecule has 0 saturated heterocycles. The van der Waals surface area contributed by atoms with Crippen molar-refractivity contribution in [1.29, 1.82) is 0 Å². The van der Waals surface area contributed by atoms with Crippen LogP contribution in [0, 0.1) is 0 Å². The van der Waals surface area contributed by atoms with Crippen molar-refractivity contribution in [2.75, 3.05) is 0 Å². The highest BCUT2D eigenvalue weighted by Gasteiger charge is 2.23. The Labute approximate surface area is 104 Å². The highest BCUT2D eigenvalue weighted by atomic mass is 35.5. The van der Waals surface area contributed by atoms with Crippen LogP contribution in [-0.2, 0) is 11.2 Å².